The van der Waals surface area contributed by atoms with Crippen LogP contribution < -0.4 is 0 Å². The fourth-order valence-electron chi connectivity index (χ4n) is 11.9. The first-order valence-electron chi connectivity index (χ1n) is 23.3. The molecule has 0 spiro atoms. The third kappa shape index (κ3) is 12.3. The number of carbonyl (C=O) groups excluding carboxylic acids is 3. The molecule has 0 aromatic carbocycles. The first kappa shape index (κ1) is 51.8. The Bertz CT molecular complexity index is 1500. The lowest BCUT2D eigenvalue weighted by Crippen LogP contribution is -2.60. The molecule has 12 heteroatoms. The average Bonchev–Trinajstić information content (AvgIpc) is 3.04. The van der Waals surface area contributed by atoms with E-state index >= 15 is 0 Å². The van der Waals surface area contributed by atoms with Crippen molar-refractivity contribution in [3.8, 4) is 0 Å². The Morgan fingerprint density at radius 2 is 0.721 bits per heavy atom. The summed E-state index contributed by atoms with van der Waals surface area (Å²) >= 11 is 0. The first-order valence-corrected chi connectivity index (χ1v) is 23.3. The fraction of sp³-hybridized carbons (Fsp3) is 0.939. The minimum Gasteiger partial charge on any atom is -0.462 e. The van der Waals surface area contributed by atoms with Gasteiger partial charge < -0.3 is 24.1 Å². The van der Waals surface area contributed by atoms with Gasteiger partial charge in [-0.3, -0.25) is 34.0 Å². The maximum absolute atomic E-state index is 14.9. The van der Waals surface area contributed by atoms with E-state index in [2.05, 4.69) is 159 Å². The number of hydrogen-bond acceptors (Lipinski definition) is 12. The van der Waals surface area contributed by atoms with Crippen LogP contribution in [0.1, 0.15) is 181 Å². The fourth-order valence-corrected chi connectivity index (χ4v) is 11.9. The Kier molecular flexibility index (Phi) is 15.2. The molecule has 0 bridgehead atoms. The molecule has 0 aromatic rings. The smallest absolute Gasteiger partial charge is 0.310 e. The van der Waals surface area contributed by atoms with Gasteiger partial charge in [0.15, 0.2) is 6.29 Å². The molecule has 12 nitrogen and oxygen atoms in total. The van der Waals surface area contributed by atoms with Crippen LogP contribution in [0.25, 0.3) is 0 Å². The maximum atomic E-state index is 14.9. The molecule has 4 aliphatic heterocycles. The summed E-state index contributed by atoms with van der Waals surface area (Å²) in [7, 11) is 8.44. The van der Waals surface area contributed by atoms with Crippen molar-refractivity contribution < 1.29 is 38.4 Å². The van der Waals surface area contributed by atoms with Gasteiger partial charge in [-0.25, -0.2) is 0 Å². The van der Waals surface area contributed by atoms with Crippen molar-refractivity contribution in [1.82, 2.24) is 19.6 Å². The van der Waals surface area contributed by atoms with Gasteiger partial charge in [0, 0.05) is 95.7 Å². The average molecular weight is 863 g/mol. The van der Waals surface area contributed by atoms with Crippen LogP contribution in [0.5, 0.6) is 0 Å². The number of aliphatic hydroxyl groups is 1. The van der Waals surface area contributed by atoms with Crippen molar-refractivity contribution in [2.24, 2.45) is 11.8 Å². The topological polar surface area (TPSA) is 121 Å². The Morgan fingerprint density at radius 1 is 0.459 bits per heavy atom. The van der Waals surface area contributed by atoms with Gasteiger partial charge in [-0.1, -0.05) is 0 Å². The molecule has 0 aromatic heterocycles. The predicted octanol–water partition coefficient (Wildman–Crippen LogP) is 7.96. The van der Waals surface area contributed by atoms with E-state index in [1.165, 1.54) is 0 Å². The lowest BCUT2D eigenvalue weighted by molar-refractivity contribution is -0.191. The second-order valence-corrected chi connectivity index (χ2v) is 24.9. The quantitative estimate of drug-likeness (QED) is 0.110. The highest BCUT2D eigenvalue weighted by atomic mass is 16.6. The minimum absolute atomic E-state index is 0.0571. The SMILES string of the molecule is CN1C(C)(C)CC(OC(=O)CC(C[C@@H](O)OC2CC(C)(C)N(C)C(C)(C)C2)C(CC(=O)OC2CC(C)(C)N(C)C(C)(C)C2)C(=O)OC2CC(C)(C)N(C)C(C)(C)C2)CC1(C)C. The monoisotopic (exact) mass is 863 g/mol. The molecule has 4 heterocycles. The highest BCUT2D eigenvalue weighted by Gasteiger charge is 2.50. The van der Waals surface area contributed by atoms with E-state index in [0.29, 0.717) is 51.4 Å². The van der Waals surface area contributed by atoms with Gasteiger partial charge in [0.2, 0.25) is 0 Å². The number of likely N-dealkylation sites (tertiary alicyclic amines) is 4. The van der Waals surface area contributed by atoms with E-state index in [4.69, 9.17) is 18.9 Å². The molecule has 3 atom stereocenters. The van der Waals surface area contributed by atoms with Crippen LogP contribution in [0.3, 0.4) is 0 Å². The molecule has 61 heavy (non-hydrogen) atoms. The molecule has 4 rings (SSSR count). The summed E-state index contributed by atoms with van der Waals surface area (Å²) < 4.78 is 25.5. The standard InChI is InChI=1S/C49H90N4O8/c1-42(2)24-33(25-43(3,4)50(42)17)58-38(54)21-32(22-39(55)59-34-26-44(5,6)51(18)45(7,8)27-34)37(41(57)61-36-30-48(13,14)53(20)49(15,16)31-36)23-40(56)60-35-28-46(9,10)52(19)47(11,12)29-35/h32-38,54H,21-31H2,1-20H3/t32?,37?,38-/m0/s1. The van der Waals surface area contributed by atoms with Crippen LogP contribution >= 0.6 is 0 Å². The van der Waals surface area contributed by atoms with E-state index in [-0.39, 0.29) is 81.9 Å². The van der Waals surface area contributed by atoms with Crippen LogP contribution in [-0.2, 0) is 33.3 Å². The van der Waals surface area contributed by atoms with Crippen molar-refractivity contribution in [3.63, 3.8) is 0 Å². The van der Waals surface area contributed by atoms with E-state index in [9.17, 15) is 19.5 Å². The third-order valence-corrected chi connectivity index (χ3v) is 16.5. The summed E-state index contributed by atoms with van der Waals surface area (Å²) in [6.07, 6.45) is 1.98. The Morgan fingerprint density at radius 3 is 1.03 bits per heavy atom. The second kappa shape index (κ2) is 17.9. The van der Waals surface area contributed by atoms with Crippen molar-refractivity contribution in [2.75, 3.05) is 28.2 Å². The molecule has 0 radical (unpaired) electrons. The van der Waals surface area contributed by atoms with Crippen molar-refractivity contribution in [2.45, 2.75) is 256 Å². The molecule has 354 valence electrons. The number of carbonyl (C=O) groups is 3. The van der Waals surface area contributed by atoms with E-state index in [1.807, 2.05) is 0 Å². The van der Waals surface area contributed by atoms with Gasteiger partial charge >= 0.3 is 17.9 Å². The van der Waals surface area contributed by atoms with Crippen molar-refractivity contribution in [1.29, 1.82) is 0 Å². The zero-order chi connectivity index (χ0) is 46.7. The van der Waals surface area contributed by atoms with Gasteiger partial charge in [0.25, 0.3) is 0 Å². The third-order valence-electron chi connectivity index (χ3n) is 16.5. The number of aliphatic hydroxyl groups excluding tert-OH is 1. The highest BCUT2D eigenvalue weighted by Crippen LogP contribution is 2.43. The largest absolute Gasteiger partial charge is 0.462 e. The molecule has 0 saturated carbocycles. The molecule has 0 aliphatic carbocycles. The highest BCUT2D eigenvalue weighted by molar-refractivity contribution is 5.81. The normalized spacial score (nSPS) is 28.7. The lowest BCUT2D eigenvalue weighted by Gasteiger charge is -2.53. The van der Waals surface area contributed by atoms with Crippen LogP contribution in [0.15, 0.2) is 0 Å². The summed E-state index contributed by atoms with van der Waals surface area (Å²) in [4.78, 5) is 52.7. The molecule has 2 unspecified atom stereocenters. The zero-order valence-electron chi connectivity index (χ0n) is 42.4. The summed E-state index contributed by atoms with van der Waals surface area (Å²) in [5.74, 6) is -3.47. The summed E-state index contributed by atoms with van der Waals surface area (Å²) in [5, 5.41) is 11.9. The van der Waals surface area contributed by atoms with Gasteiger partial charge in [-0.2, -0.15) is 0 Å². The Hall–Kier alpha value is -1.83. The van der Waals surface area contributed by atoms with Crippen molar-refractivity contribution in [3.05, 3.63) is 0 Å². The Labute approximate surface area is 371 Å². The number of ether oxygens (including phenoxy) is 4. The molecule has 4 fully saturated rings. The van der Waals surface area contributed by atoms with Gasteiger partial charge in [-0.15, -0.1) is 0 Å². The predicted molar refractivity (Wildman–Crippen MR) is 242 cm³/mol. The van der Waals surface area contributed by atoms with Crippen LogP contribution in [0, 0.1) is 11.8 Å². The van der Waals surface area contributed by atoms with E-state index < -0.39 is 42.1 Å². The van der Waals surface area contributed by atoms with Crippen LogP contribution in [0.2, 0.25) is 0 Å². The number of nitrogens with zero attached hydrogens (tertiary/aromatic N) is 4. The lowest BCUT2D eigenvalue weighted by atomic mass is 9.78. The van der Waals surface area contributed by atoms with E-state index in [1.54, 1.807) is 0 Å². The number of piperidine rings is 4. The first-order chi connectivity index (χ1) is 27.4. The zero-order valence-corrected chi connectivity index (χ0v) is 42.4. The van der Waals surface area contributed by atoms with Crippen LogP contribution in [-0.4, -0.2) is 146 Å². The second-order valence-electron chi connectivity index (χ2n) is 24.9. The van der Waals surface area contributed by atoms with Crippen LogP contribution in [0.4, 0.5) is 0 Å². The number of rotatable bonds is 13. The summed E-state index contributed by atoms with van der Waals surface area (Å²) in [5.41, 5.74) is -1.76. The number of esters is 3. The van der Waals surface area contributed by atoms with Crippen molar-refractivity contribution >= 4 is 17.9 Å². The Balaban J connectivity index is 1.68. The summed E-state index contributed by atoms with van der Waals surface area (Å²) in [6, 6.07) is 0. The molecule has 1 N–H and O–H groups in total. The summed E-state index contributed by atoms with van der Waals surface area (Å²) in [6.45, 7) is 34.6. The number of hydrogen-bond donors (Lipinski definition) is 1. The minimum atomic E-state index is -1.30. The molecular formula is C49H90N4O8. The molecule has 4 aliphatic rings. The van der Waals surface area contributed by atoms with Gasteiger partial charge in [0.1, 0.15) is 18.3 Å². The van der Waals surface area contributed by atoms with E-state index in [0.717, 1.165) is 0 Å². The van der Waals surface area contributed by atoms with Gasteiger partial charge in [0.05, 0.1) is 18.4 Å². The molecule has 4 saturated heterocycles. The van der Waals surface area contributed by atoms with Gasteiger partial charge in [-0.05, 0) is 158 Å². The molecule has 0 amide bonds. The molecular weight excluding hydrogens is 773 g/mol. The maximum Gasteiger partial charge on any atom is 0.310 e.